The number of amides is 1. The highest BCUT2D eigenvalue weighted by molar-refractivity contribution is 6.33. The smallest absolute Gasteiger partial charge is 0.236 e. The number of aromatic amines is 1. The minimum atomic E-state index is 0.153. The Hall–Kier alpha value is -2.68. The van der Waals surface area contributed by atoms with Crippen LogP contribution in [0.2, 0.25) is 5.02 Å². The molecule has 1 amide bonds. The standard InChI is InChI=1S/C23H27ClN6O2/c24-19-12-27-23(29-22(19)18-11-26-20-4-2-1-3-17(18)20)28-15-5-8-30(9-6-15)21(31)13-25-16-7-10-32-14-16/h1-4,11-12,15-16,25-26H,5-10,13-14H2,(H,27,28,29). The van der Waals surface area contributed by atoms with Crippen molar-refractivity contribution in [1.82, 2.24) is 25.2 Å². The van der Waals surface area contributed by atoms with Gasteiger partial charge in [-0.2, -0.15) is 0 Å². The molecule has 3 aromatic rings. The summed E-state index contributed by atoms with van der Waals surface area (Å²) < 4.78 is 5.35. The van der Waals surface area contributed by atoms with E-state index >= 15 is 0 Å². The zero-order valence-corrected chi connectivity index (χ0v) is 18.6. The molecule has 2 aliphatic heterocycles. The van der Waals surface area contributed by atoms with Crippen molar-refractivity contribution >= 4 is 34.4 Å². The number of carbonyl (C=O) groups excluding carboxylic acids is 1. The molecule has 0 radical (unpaired) electrons. The third-order valence-electron chi connectivity index (χ3n) is 6.24. The third kappa shape index (κ3) is 4.57. The number of nitrogens with one attached hydrogen (secondary N) is 3. The van der Waals surface area contributed by atoms with Crippen LogP contribution in [0.5, 0.6) is 0 Å². The van der Waals surface area contributed by atoms with E-state index in [1.54, 1.807) is 6.20 Å². The maximum Gasteiger partial charge on any atom is 0.236 e. The fraction of sp³-hybridized carbons (Fsp3) is 0.435. The van der Waals surface area contributed by atoms with E-state index in [0.717, 1.165) is 55.4 Å². The Kier molecular flexibility index (Phi) is 6.25. The average Bonchev–Trinajstić information content (AvgIpc) is 3.49. The van der Waals surface area contributed by atoms with Crippen molar-refractivity contribution in [3.63, 3.8) is 0 Å². The second-order valence-electron chi connectivity index (χ2n) is 8.38. The lowest BCUT2D eigenvalue weighted by molar-refractivity contribution is -0.131. The van der Waals surface area contributed by atoms with E-state index in [1.165, 1.54) is 0 Å². The number of halogens is 1. The van der Waals surface area contributed by atoms with Gasteiger partial charge >= 0.3 is 0 Å². The van der Waals surface area contributed by atoms with Crippen LogP contribution in [0.1, 0.15) is 19.3 Å². The van der Waals surface area contributed by atoms with Gasteiger partial charge in [0.25, 0.3) is 0 Å². The highest BCUT2D eigenvalue weighted by Crippen LogP contribution is 2.32. The number of likely N-dealkylation sites (tertiary alicyclic amines) is 1. The summed E-state index contributed by atoms with van der Waals surface area (Å²) in [7, 11) is 0. The molecular weight excluding hydrogens is 428 g/mol. The van der Waals surface area contributed by atoms with Crippen molar-refractivity contribution in [2.75, 3.05) is 38.2 Å². The summed E-state index contributed by atoms with van der Waals surface area (Å²) in [5, 5.41) is 8.32. The Bertz CT molecular complexity index is 1090. The van der Waals surface area contributed by atoms with Crippen molar-refractivity contribution < 1.29 is 9.53 Å². The molecule has 2 saturated heterocycles. The summed E-state index contributed by atoms with van der Waals surface area (Å²) in [6, 6.07) is 8.58. The van der Waals surface area contributed by atoms with Gasteiger partial charge in [0.05, 0.1) is 30.1 Å². The largest absolute Gasteiger partial charge is 0.380 e. The molecular formula is C23H27ClN6O2. The van der Waals surface area contributed by atoms with E-state index in [9.17, 15) is 4.79 Å². The lowest BCUT2D eigenvalue weighted by Gasteiger charge is -2.32. The molecule has 32 heavy (non-hydrogen) atoms. The Balaban J connectivity index is 1.19. The van der Waals surface area contributed by atoms with Crippen LogP contribution in [0.15, 0.2) is 36.7 Å². The quantitative estimate of drug-likeness (QED) is 0.530. The molecule has 168 valence electrons. The number of anilines is 1. The topological polar surface area (TPSA) is 95.2 Å². The van der Waals surface area contributed by atoms with Crippen LogP contribution in [0.25, 0.3) is 22.2 Å². The number of ether oxygens (including phenoxy) is 1. The van der Waals surface area contributed by atoms with Crippen LogP contribution in [-0.4, -0.2) is 70.7 Å². The van der Waals surface area contributed by atoms with E-state index in [1.807, 2.05) is 35.4 Å². The summed E-state index contributed by atoms with van der Waals surface area (Å²) in [4.78, 5) is 26.8. The highest BCUT2D eigenvalue weighted by atomic mass is 35.5. The van der Waals surface area contributed by atoms with E-state index in [4.69, 9.17) is 21.3 Å². The number of H-pyrrole nitrogens is 1. The maximum absolute atomic E-state index is 12.5. The van der Waals surface area contributed by atoms with Gasteiger partial charge < -0.3 is 25.3 Å². The van der Waals surface area contributed by atoms with Crippen LogP contribution in [0.3, 0.4) is 0 Å². The first-order valence-electron chi connectivity index (χ1n) is 11.1. The van der Waals surface area contributed by atoms with Crippen LogP contribution >= 0.6 is 11.6 Å². The molecule has 0 bridgehead atoms. The van der Waals surface area contributed by atoms with Gasteiger partial charge in [0.1, 0.15) is 0 Å². The summed E-state index contributed by atoms with van der Waals surface area (Å²) in [5.74, 6) is 0.710. The Morgan fingerprint density at radius 2 is 2.06 bits per heavy atom. The SMILES string of the molecule is O=C(CNC1CCOC1)N1CCC(Nc2ncc(Cl)c(-c3c[nH]c4ccccc34)n2)CC1. The van der Waals surface area contributed by atoms with Gasteiger partial charge in [-0.1, -0.05) is 29.8 Å². The van der Waals surface area contributed by atoms with E-state index in [-0.39, 0.29) is 11.9 Å². The van der Waals surface area contributed by atoms with Gasteiger partial charge in [-0.15, -0.1) is 0 Å². The van der Waals surface area contributed by atoms with Crippen molar-refractivity contribution in [2.24, 2.45) is 0 Å². The molecule has 1 unspecified atom stereocenters. The Morgan fingerprint density at radius 1 is 1.22 bits per heavy atom. The van der Waals surface area contributed by atoms with Gasteiger partial charge in [0, 0.05) is 54.4 Å². The van der Waals surface area contributed by atoms with Crippen LogP contribution < -0.4 is 10.6 Å². The first kappa shape index (κ1) is 21.2. The number of carbonyl (C=O) groups is 1. The predicted octanol–water partition coefficient (Wildman–Crippen LogP) is 3.06. The first-order valence-corrected chi connectivity index (χ1v) is 11.5. The summed E-state index contributed by atoms with van der Waals surface area (Å²) >= 11 is 6.44. The lowest BCUT2D eigenvalue weighted by atomic mass is 10.1. The Morgan fingerprint density at radius 3 is 2.88 bits per heavy atom. The molecule has 9 heteroatoms. The van der Waals surface area contributed by atoms with Crippen molar-refractivity contribution in [3.05, 3.63) is 41.7 Å². The summed E-state index contributed by atoms with van der Waals surface area (Å²) in [6.45, 7) is 3.30. The van der Waals surface area contributed by atoms with E-state index in [2.05, 4.69) is 20.6 Å². The molecule has 5 rings (SSSR count). The molecule has 1 aromatic carbocycles. The summed E-state index contributed by atoms with van der Waals surface area (Å²) in [5.41, 5.74) is 2.70. The van der Waals surface area contributed by atoms with Gasteiger partial charge in [-0.25, -0.2) is 9.97 Å². The van der Waals surface area contributed by atoms with Crippen LogP contribution in [0.4, 0.5) is 5.95 Å². The number of hydrogen-bond donors (Lipinski definition) is 3. The number of fused-ring (bicyclic) bond motifs is 1. The van der Waals surface area contributed by atoms with Crippen molar-refractivity contribution in [3.8, 4) is 11.3 Å². The minimum Gasteiger partial charge on any atom is -0.380 e. The molecule has 0 saturated carbocycles. The van der Waals surface area contributed by atoms with E-state index in [0.29, 0.717) is 35.9 Å². The number of para-hydroxylation sites is 1. The molecule has 2 fully saturated rings. The second kappa shape index (κ2) is 9.44. The molecule has 2 aromatic heterocycles. The van der Waals surface area contributed by atoms with Crippen molar-refractivity contribution in [2.45, 2.75) is 31.3 Å². The number of hydrogen-bond acceptors (Lipinski definition) is 6. The number of nitrogens with zero attached hydrogens (tertiary/aromatic N) is 3. The number of aromatic nitrogens is 3. The maximum atomic E-state index is 12.5. The molecule has 3 N–H and O–H groups in total. The van der Waals surface area contributed by atoms with Gasteiger partial charge in [-0.3, -0.25) is 4.79 Å². The van der Waals surface area contributed by atoms with Crippen LogP contribution in [-0.2, 0) is 9.53 Å². The predicted molar refractivity (Wildman–Crippen MR) is 125 cm³/mol. The molecule has 4 heterocycles. The monoisotopic (exact) mass is 454 g/mol. The zero-order chi connectivity index (χ0) is 21.9. The molecule has 8 nitrogen and oxygen atoms in total. The van der Waals surface area contributed by atoms with Gasteiger partial charge in [0.2, 0.25) is 11.9 Å². The number of benzene rings is 1. The normalized spacial score (nSPS) is 19.5. The molecule has 0 spiro atoms. The zero-order valence-electron chi connectivity index (χ0n) is 17.8. The summed E-state index contributed by atoms with van der Waals surface area (Å²) in [6.07, 6.45) is 6.25. The van der Waals surface area contributed by atoms with Crippen LogP contribution in [0, 0.1) is 0 Å². The lowest BCUT2D eigenvalue weighted by Crippen LogP contribution is -2.47. The van der Waals surface area contributed by atoms with Gasteiger partial charge in [-0.05, 0) is 25.3 Å². The third-order valence-corrected chi connectivity index (χ3v) is 6.52. The molecule has 0 aliphatic carbocycles. The van der Waals surface area contributed by atoms with Gasteiger partial charge in [0.15, 0.2) is 0 Å². The fourth-order valence-electron chi connectivity index (χ4n) is 4.39. The number of piperidine rings is 1. The minimum absolute atomic E-state index is 0.153. The fourth-order valence-corrected chi connectivity index (χ4v) is 4.58. The first-order chi connectivity index (χ1) is 15.7. The van der Waals surface area contributed by atoms with E-state index < -0.39 is 0 Å². The Labute approximate surface area is 191 Å². The van der Waals surface area contributed by atoms with Crippen molar-refractivity contribution in [1.29, 1.82) is 0 Å². The molecule has 2 aliphatic rings. The molecule has 1 atom stereocenters. The second-order valence-corrected chi connectivity index (χ2v) is 8.79. The average molecular weight is 455 g/mol. The highest BCUT2D eigenvalue weighted by Gasteiger charge is 2.24. The number of rotatable bonds is 6.